The Kier molecular flexibility index (Phi) is 2.01. The van der Waals surface area contributed by atoms with Crippen LogP contribution in [0.4, 0.5) is 0 Å². The molecule has 0 aliphatic rings. The van der Waals surface area contributed by atoms with Crippen LogP contribution in [0.3, 0.4) is 0 Å². The molecule has 2 heterocycles. The van der Waals surface area contributed by atoms with Gasteiger partial charge in [0, 0.05) is 5.69 Å². The quantitative estimate of drug-likeness (QED) is 0.702. The van der Waals surface area contributed by atoms with Gasteiger partial charge < -0.3 is 0 Å². The second-order valence-electron chi connectivity index (χ2n) is 3.37. The Morgan fingerprint density at radius 1 is 1.53 bits per heavy atom. The van der Waals surface area contributed by atoms with Crippen molar-refractivity contribution in [1.29, 1.82) is 5.26 Å². The highest BCUT2D eigenvalue weighted by Crippen LogP contribution is 2.16. The number of nitrogens with zero attached hydrogens (tertiary/aromatic N) is 4. The van der Waals surface area contributed by atoms with Gasteiger partial charge in [-0.1, -0.05) is 6.58 Å². The van der Waals surface area contributed by atoms with Crippen LogP contribution >= 0.6 is 0 Å². The molecule has 0 unspecified atom stereocenters. The van der Waals surface area contributed by atoms with Crippen LogP contribution in [-0.4, -0.2) is 14.6 Å². The lowest BCUT2D eigenvalue weighted by Gasteiger charge is -2.02. The molecule has 0 aromatic carbocycles. The third-order valence-corrected chi connectivity index (χ3v) is 2.30. The molecule has 0 aliphatic carbocycles. The van der Waals surface area contributed by atoms with E-state index in [1.807, 2.05) is 19.9 Å². The smallest absolute Gasteiger partial charge is 0.174 e. The largest absolute Gasteiger partial charge is 0.216 e. The summed E-state index contributed by atoms with van der Waals surface area (Å²) in [4.78, 5) is 4.23. The molecule has 2 aromatic heterocycles. The van der Waals surface area contributed by atoms with Crippen molar-refractivity contribution < 1.29 is 0 Å². The molecule has 0 amide bonds. The first-order valence-electron chi connectivity index (χ1n) is 4.57. The third kappa shape index (κ3) is 1.29. The van der Waals surface area contributed by atoms with Crippen molar-refractivity contribution in [3.8, 4) is 6.07 Å². The molecule has 0 radical (unpaired) electrons. The number of aryl methyl sites for hydroxylation is 2. The van der Waals surface area contributed by atoms with Crippen LogP contribution in [0.25, 0.3) is 11.7 Å². The molecule has 2 aromatic rings. The lowest BCUT2D eigenvalue weighted by molar-refractivity contribution is 0.903. The fraction of sp³-hybridized carbons (Fsp3) is 0.182. The van der Waals surface area contributed by atoms with E-state index >= 15 is 0 Å². The predicted molar refractivity (Wildman–Crippen MR) is 57.3 cm³/mol. The Labute approximate surface area is 87.5 Å². The molecule has 0 saturated heterocycles. The Morgan fingerprint density at radius 3 is 2.87 bits per heavy atom. The Bertz CT molecular complexity index is 587. The van der Waals surface area contributed by atoms with Crippen LogP contribution in [0.1, 0.15) is 22.6 Å². The van der Waals surface area contributed by atoms with Gasteiger partial charge in [-0.25, -0.2) is 9.50 Å². The summed E-state index contributed by atoms with van der Waals surface area (Å²) in [5.74, 6) is 0.542. The summed E-state index contributed by atoms with van der Waals surface area (Å²) < 4.78 is 1.67. The average molecular weight is 198 g/mol. The number of pyridine rings is 1. The zero-order valence-corrected chi connectivity index (χ0v) is 8.65. The molecule has 74 valence electrons. The number of aromatic nitrogens is 3. The number of fused-ring (bicyclic) bond motifs is 1. The van der Waals surface area contributed by atoms with Crippen molar-refractivity contribution in [3.05, 3.63) is 35.3 Å². The first kappa shape index (κ1) is 9.41. The molecule has 0 bridgehead atoms. The van der Waals surface area contributed by atoms with Gasteiger partial charge in [-0.15, -0.1) is 5.10 Å². The van der Waals surface area contributed by atoms with E-state index in [4.69, 9.17) is 5.26 Å². The van der Waals surface area contributed by atoms with Crippen LogP contribution < -0.4 is 0 Å². The van der Waals surface area contributed by atoms with Crippen LogP contribution in [0.15, 0.2) is 12.6 Å². The highest BCUT2D eigenvalue weighted by molar-refractivity contribution is 5.60. The van der Waals surface area contributed by atoms with Crippen molar-refractivity contribution in [2.75, 3.05) is 0 Å². The number of rotatable bonds is 1. The fourth-order valence-electron chi connectivity index (χ4n) is 1.58. The maximum atomic E-state index is 9.03. The topological polar surface area (TPSA) is 54.0 Å². The molecule has 0 N–H and O–H groups in total. The van der Waals surface area contributed by atoms with E-state index in [0.29, 0.717) is 17.0 Å². The summed E-state index contributed by atoms with van der Waals surface area (Å²) in [5, 5.41) is 13.2. The van der Waals surface area contributed by atoms with Crippen LogP contribution in [0, 0.1) is 25.2 Å². The number of hydrogen-bond acceptors (Lipinski definition) is 3. The second kappa shape index (κ2) is 3.21. The number of nitriles is 1. The molecule has 15 heavy (non-hydrogen) atoms. The monoisotopic (exact) mass is 198 g/mol. The molecule has 0 saturated carbocycles. The van der Waals surface area contributed by atoms with Crippen molar-refractivity contribution >= 4 is 11.7 Å². The van der Waals surface area contributed by atoms with Gasteiger partial charge in [0.1, 0.15) is 6.07 Å². The van der Waals surface area contributed by atoms with Crippen LogP contribution in [-0.2, 0) is 0 Å². The zero-order valence-electron chi connectivity index (χ0n) is 8.65. The van der Waals surface area contributed by atoms with Gasteiger partial charge in [-0.05, 0) is 31.6 Å². The first-order chi connectivity index (χ1) is 7.17. The molecule has 4 heteroatoms. The zero-order chi connectivity index (χ0) is 11.0. The molecule has 0 spiro atoms. The predicted octanol–water partition coefficient (Wildman–Crippen LogP) is 1.86. The Hall–Kier alpha value is -2.15. The maximum absolute atomic E-state index is 9.03. The lowest BCUT2D eigenvalue weighted by Crippen LogP contribution is -1.98. The van der Waals surface area contributed by atoms with Crippen molar-refractivity contribution in [2.45, 2.75) is 13.8 Å². The molecule has 0 atom stereocenters. The molecule has 4 nitrogen and oxygen atoms in total. The van der Waals surface area contributed by atoms with E-state index in [1.165, 1.54) is 0 Å². The van der Waals surface area contributed by atoms with E-state index in [9.17, 15) is 0 Å². The van der Waals surface area contributed by atoms with Gasteiger partial charge in [0.15, 0.2) is 11.5 Å². The standard InChI is InChI=1S/C11H10N4/c1-4-10-13-11-9(6-12)7(2)5-8(3)15(11)14-10/h4-5H,1H2,2-3H3. The molecular weight excluding hydrogens is 188 g/mol. The second-order valence-corrected chi connectivity index (χ2v) is 3.37. The molecule has 2 rings (SSSR count). The Morgan fingerprint density at radius 2 is 2.27 bits per heavy atom. The third-order valence-electron chi connectivity index (χ3n) is 2.30. The summed E-state index contributed by atoms with van der Waals surface area (Å²) in [5.41, 5.74) is 3.05. The minimum absolute atomic E-state index is 0.542. The first-order valence-corrected chi connectivity index (χ1v) is 4.57. The summed E-state index contributed by atoms with van der Waals surface area (Å²) in [6, 6.07) is 4.07. The highest BCUT2D eigenvalue weighted by atomic mass is 15.3. The molecular formula is C11H10N4. The molecule has 0 fully saturated rings. The maximum Gasteiger partial charge on any atom is 0.174 e. The lowest BCUT2D eigenvalue weighted by atomic mass is 10.1. The Balaban J connectivity index is 2.95. The van der Waals surface area contributed by atoms with E-state index < -0.39 is 0 Å². The van der Waals surface area contributed by atoms with Gasteiger partial charge in [0.05, 0.1) is 5.56 Å². The van der Waals surface area contributed by atoms with Gasteiger partial charge in [0.2, 0.25) is 0 Å². The van der Waals surface area contributed by atoms with Crippen molar-refractivity contribution in [2.24, 2.45) is 0 Å². The minimum atomic E-state index is 0.542. The van der Waals surface area contributed by atoms with Crippen LogP contribution in [0.2, 0.25) is 0 Å². The summed E-state index contributed by atoms with van der Waals surface area (Å²) in [6.07, 6.45) is 1.57. The van der Waals surface area contributed by atoms with Crippen molar-refractivity contribution in [1.82, 2.24) is 14.6 Å². The van der Waals surface area contributed by atoms with E-state index in [0.717, 1.165) is 11.3 Å². The average Bonchev–Trinajstić information content (AvgIpc) is 2.62. The summed E-state index contributed by atoms with van der Waals surface area (Å²) >= 11 is 0. The van der Waals surface area contributed by atoms with Gasteiger partial charge in [0.25, 0.3) is 0 Å². The van der Waals surface area contributed by atoms with Crippen molar-refractivity contribution in [3.63, 3.8) is 0 Å². The van der Waals surface area contributed by atoms with Crippen LogP contribution in [0.5, 0.6) is 0 Å². The highest BCUT2D eigenvalue weighted by Gasteiger charge is 2.10. The summed E-state index contributed by atoms with van der Waals surface area (Å²) in [6.45, 7) is 7.44. The summed E-state index contributed by atoms with van der Waals surface area (Å²) in [7, 11) is 0. The van der Waals surface area contributed by atoms with Gasteiger partial charge >= 0.3 is 0 Å². The van der Waals surface area contributed by atoms with E-state index in [-0.39, 0.29) is 0 Å². The normalized spacial score (nSPS) is 10.2. The number of hydrogen-bond donors (Lipinski definition) is 0. The minimum Gasteiger partial charge on any atom is -0.216 e. The molecule has 0 aliphatic heterocycles. The SMILES string of the molecule is C=Cc1nc2c(C#N)c(C)cc(C)n2n1. The van der Waals surface area contributed by atoms with Gasteiger partial charge in [-0.2, -0.15) is 5.26 Å². The van der Waals surface area contributed by atoms with E-state index in [2.05, 4.69) is 22.7 Å². The van der Waals surface area contributed by atoms with E-state index in [1.54, 1.807) is 10.6 Å². The fourth-order valence-corrected chi connectivity index (χ4v) is 1.58. The van der Waals surface area contributed by atoms with Gasteiger partial charge in [-0.3, -0.25) is 0 Å².